The van der Waals surface area contributed by atoms with Gasteiger partial charge in [-0.2, -0.15) is 10.1 Å². The van der Waals surface area contributed by atoms with Crippen molar-refractivity contribution in [2.45, 2.75) is 0 Å². The molecule has 0 unspecified atom stereocenters. The molecule has 6 rings (SSSR count). The molecular weight excluding hydrogens is 484 g/mol. The molecule has 0 N–H and O–H groups in total. The van der Waals surface area contributed by atoms with Crippen molar-refractivity contribution in [3.05, 3.63) is 126 Å². The number of carbonyl (C=O) groups is 3. The number of fused-ring (bicyclic) bond motifs is 2. The number of hydrazone groups is 1. The number of amides is 3. The summed E-state index contributed by atoms with van der Waals surface area (Å²) < 4.78 is 0.877. The first-order valence-corrected chi connectivity index (χ1v) is 12.3. The summed E-state index contributed by atoms with van der Waals surface area (Å²) in [6, 6.07) is 31.7. The fourth-order valence-corrected chi connectivity index (χ4v) is 5.05. The van der Waals surface area contributed by atoms with Crippen molar-refractivity contribution >= 4 is 55.8 Å². The predicted molar refractivity (Wildman–Crippen MR) is 144 cm³/mol. The van der Waals surface area contributed by atoms with Crippen LogP contribution in [-0.4, -0.2) is 28.4 Å². The van der Waals surface area contributed by atoms with Crippen LogP contribution in [0, 0.1) is 0 Å². The van der Waals surface area contributed by atoms with Crippen LogP contribution < -0.4 is 9.91 Å². The minimum absolute atomic E-state index is 0.0107. The molecule has 0 spiro atoms. The second-order valence-corrected chi connectivity index (χ2v) is 9.23. The van der Waals surface area contributed by atoms with Crippen LogP contribution in [-0.2, 0) is 4.79 Å². The SMILES string of the molecule is O=C(c1ccccc1)N(/N=C1\C(=O)N(C(=O)c2ccccc2)c2ccccc21)c1nc2ccccc2s1. The quantitative estimate of drug-likeness (QED) is 0.239. The molecule has 0 aliphatic carbocycles. The Labute approximate surface area is 215 Å². The highest BCUT2D eigenvalue weighted by Gasteiger charge is 2.39. The molecule has 0 saturated carbocycles. The summed E-state index contributed by atoms with van der Waals surface area (Å²) in [7, 11) is 0. The summed E-state index contributed by atoms with van der Waals surface area (Å²) in [5.74, 6) is -1.52. The van der Waals surface area contributed by atoms with Crippen molar-refractivity contribution in [3.8, 4) is 0 Å². The molecule has 0 saturated heterocycles. The molecule has 5 aromatic rings. The minimum atomic E-state index is -0.609. The number of nitrogens with zero attached hydrogens (tertiary/aromatic N) is 4. The molecule has 2 heterocycles. The van der Waals surface area contributed by atoms with Crippen molar-refractivity contribution in [2.24, 2.45) is 5.10 Å². The van der Waals surface area contributed by atoms with E-state index in [0.29, 0.717) is 33.0 Å². The maximum absolute atomic E-state index is 13.7. The Morgan fingerprint density at radius 3 is 2.11 bits per heavy atom. The maximum Gasteiger partial charge on any atom is 0.286 e. The van der Waals surface area contributed by atoms with Crippen LogP contribution in [0.25, 0.3) is 10.2 Å². The topological polar surface area (TPSA) is 82.9 Å². The zero-order valence-electron chi connectivity index (χ0n) is 19.3. The molecule has 0 fully saturated rings. The van der Waals surface area contributed by atoms with E-state index in [4.69, 9.17) is 0 Å². The second kappa shape index (κ2) is 9.25. The third kappa shape index (κ3) is 3.99. The summed E-state index contributed by atoms with van der Waals surface area (Å²) in [5, 5.41) is 6.04. The summed E-state index contributed by atoms with van der Waals surface area (Å²) >= 11 is 1.29. The van der Waals surface area contributed by atoms with Gasteiger partial charge >= 0.3 is 0 Å². The number of hydrogen-bond donors (Lipinski definition) is 0. The first-order chi connectivity index (χ1) is 18.1. The van der Waals surface area contributed by atoms with Crippen LogP contribution in [0.2, 0.25) is 0 Å². The lowest BCUT2D eigenvalue weighted by atomic mass is 10.1. The van der Waals surface area contributed by atoms with E-state index < -0.39 is 17.7 Å². The van der Waals surface area contributed by atoms with Gasteiger partial charge in [-0.05, 0) is 42.5 Å². The Balaban J connectivity index is 1.49. The van der Waals surface area contributed by atoms with Gasteiger partial charge in [0, 0.05) is 16.7 Å². The molecule has 4 aromatic carbocycles. The van der Waals surface area contributed by atoms with Gasteiger partial charge in [-0.1, -0.05) is 78.1 Å². The van der Waals surface area contributed by atoms with E-state index in [1.54, 1.807) is 78.9 Å². The third-order valence-corrected chi connectivity index (χ3v) is 6.92. The number of imide groups is 1. The van der Waals surface area contributed by atoms with Crippen molar-refractivity contribution in [3.63, 3.8) is 0 Å². The highest BCUT2D eigenvalue weighted by molar-refractivity contribution is 7.22. The van der Waals surface area contributed by atoms with Crippen LogP contribution >= 0.6 is 11.3 Å². The molecule has 7 nitrogen and oxygen atoms in total. The summed E-state index contributed by atoms with van der Waals surface area (Å²) in [4.78, 5) is 46.4. The van der Waals surface area contributed by atoms with Gasteiger partial charge in [0.1, 0.15) is 0 Å². The first-order valence-electron chi connectivity index (χ1n) is 11.5. The third-order valence-electron chi connectivity index (χ3n) is 5.91. The molecule has 1 aromatic heterocycles. The van der Waals surface area contributed by atoms with Crippen molar-refractivity contribution in [2.75, 3.05) is 9.91 Å². The van der Waals surface area contributed by atoms with E-state index >= 15 is 0 Å². The lowest BCUT2D eigenvalue weighted by molar-refractivity contribution is -0.111. The fraction of sp³-hybridized carbons (Fsp3) is 0. The van der Waals surface area contributed by atoms with Crippen molar-refractivity contribution < 1.29 is 14.4 Å². The average molecular weight is 503 g/mol. The van der Waals surface area contributed by atoms with E-state index in [2.05, 4.69) is 10.1 Å². The molecule has 178 valence electrons. The Morgan fingerprint density at radius 2 is 1.38 bits per heavy atom. The molecule has 37 heavy (non-hydrogen) atoms. The van der Waals surface area contributed by atoms with Crippen LogP contribution in [0.3, 0.4) is 0 Å². The van der Waals surface area contributed by atoms with Gasteiger partial charge in [0.25, 0.3) is 17.7 Å². The summed E-state index contributed by atoms with van der Waals surface area (Å²) in [5.41, 5.74) is 2.34. The van der Waals surface area contributed by atoms with Gasteiger partial charge in [-0.15, -0.1) is 0 Å². The van der Waals surface area contributed by atoms with E-state index in [0.717, 1.165) is 14.6 Å². The second-order valence-electron chi connectivity index (χ2n) is 8.22. The minimum Gasteiger partial charge on any atom is -0.268 e. The zero-order chi connectivity index (χ0) is 25.4. The van der Waals surface area contributed by atoms with E-state index in [1.807, 2.05) is 30.3 Å². The Bertz CT molecular complexity index is 1660. The number of benzene rings is 4. The molecule has 1 aliphatic rings. The van der Waals surface area contributed by atoms with E-state index in [9.17, 15) is 14.4 Å². The Hall–Kier alpha value is -4.95. The number of thiazole rings is 1. The van der Waals surface area contributed by atoms with Gasteiger partial charge in [0.15, 0.2) is 5.71 Å². The largest absolute Gasteiger partial charge is 0.286 e. The highest BCUT2D eigenvalue weighted by Crippen LogP contribution is 2.34. The molecule has 0 atom stereocenters. The average Bonchev–Trinajstić information content (AvgIpc) is 3.50. The smallest absolute Gasteiger partial charge is 0.268 e. The van der Waals surface area contributed by atoms with Gasteiger partial charge in [-0.25, -0.2) is 9.88 Å². The number of hydrogen-bond acceptors (Lipinski definition) is 6. The normalized spacial score (nSPS) is 13.7. The highest BCUT2D eigenvalue weighted by atomic mass is 32.1. The lowest BCUT2D eigenvalue weighted by Crippen LogP contribution is -2.37. The molecule has 0 radical (unpaired) electrons. The van der Waals surface area contributed by atoms with E-state index in [-0.39, 0.29) is 5.71 Å². The molecule has 0 bridgehead atoms. The number of anilines is 2. The predicted octanol–water partition coefficient (Wildman–Crippen LogP) is 5.53. The van der Waals surface area contributed by atoms with Crippen molar-refractivity contribution in [1.29, 1.82) is 0 Å². The van der Waals surface area contributed by atoms with Crippen molar-refractivity contribution in [1.82, 2.24) is 4.98 Å². The van der Waals surface area contributed by atoms with Gasteiger partial charge in [0.2, 0.25) is 5.13 Å². The van der Waals surface area contributed by atoms with Crippen LogP contribution in [0.5, 0.6) is 0 Å². The fourth-order valence-electron chi connectivity index (χ4n) is 4.14. The Kier molecular flexibility index (Phi) is 5.63. The summed E-state index contributed by atoms with van der Waals surface area (Å²) in [6.07, 6.45) is 0. The lowest BCUT2D eigenvalue weighted by Gasteiger charge is -2.16. The number of para-hydroxylation sites is 2. The molecular formula is C29H18N4O3S. The molecule has 8 heteroatoms. The first kappa shape index (κ1) is 22.5. The van der Waals surface area contributed by atoms with Gasteiger partial charge in [0.05, 0.1) is 15.9 Å². The maximum atomic E-state index is 13.7. The number of rotatable bonds is 4. The zero-order valence-corrected chi connectivity index (χ0v) is 20.1. The van der Waals surface area contributed by atoms with Crippen LogP contribution in [0.1, 0.15) is 26.3 Å². The number of carbonyl (C=O) groups excluding carboxylic acids is 3. The monoisotopic (exact) mass is 502 g/mol. The number of aromatic nitrogens is 1. The molecule has 1 aliphatic heterocycles. The molecule has 3 amide bonds. The van der Waals surface area contributed by atoms with Crippen LogP contribution in [0.4, 0.5) is 10.8 Å². The van der Waals surface area contributed by atoms with Gasteiger partial charge in [-0.3, -0.25) is 14.4 Å². The van der Waals surface area contributed by atoms with Crippen LogP contribution in [0.15, 0.2) is 114 Å². The standard InChI is InChI=1S/C29H18N4O3S/c34-26(19-11-3-1-4-12-19)32-23-17-9-7-15-21(23)25(28(32)36)31-33(27(35)20-13-5-2-6-14-20)29-30-22-16-8-10-18-24(22)37-29/h1-18H/b31-25-. The Morgan fingerprint density at radius 1 is 0.757 bits per heavy atom. The summed E-state index contributed by atoms with van der Waals surface area (Å²) in [6.45, 7) is 0. The van der Waals surface area contributed by atoms with Gasteiger partial charge < -0.3 is 0 Å². The van der Waals surface area contributed by atoms with E-state index in [1.165, 1.54) is 11.3 Å².